The normalized spacial score (nSPS) is 15.5. The Morgan fingerprint density at radius 1 is 1.11 bits per heavy atom. The highest BCUT2D eigenvalue weighted by atomic mass is 35.5. The van der Waals surface area contributed by atoms with Crippen LogP contribution in [-0.4, -0.2) is 35.4 Å². The van der Waals surface area contributed by atoms with Crippen LogP contribution in [0.15, 0.2) is 53.4 Å². The average molecular weight is 420 g/mol. The van der Waals surface area contributed by atoms with Crippen molar-refractivity contribution < 1.29 is 14.3 Å². The lowest BCUT2D eigenvalue weighted by Gasteiger charge is -2.09. The minimum Gasteiger partial charge on any atom is -0.493 e. The molecule has 3 rings (SSSR count). The summed E-state index contributed by atoms with van der Waals surface area (Å²) in [5.74, 6) is 1.39. The number of rotatable bonds is 7. The van der Waals surface area contributed by atoms with Gasteiger partial charge in [-0.25, -0.2) is 0 Å². The summed E-state index contributed by atoms with van der Waals surface area (Å²) in [6.45, 7) is 1.07. The zero-order valence-electron chi connectivity index (χ0n) is 14.7. The van der Waals surface area contributed by atoms with Crippen molar-refractivity contribution >= 4 is 51.9 Å². The molecule has 7 heteroatoms. The Kier molecular flexibility index (Phi) is 6.77. The van der Waals surface area contributed by atoms with Crippen molar-refractivity contribution in [2.45, 2.75) is 6.42 Å². The summed E-state index contributed by atoms with van der Waals surface area (Å²) in [5, 5.41) is 0.606. The Bertz CT molecular complexity index is 868. The summed E-state index contributed by atoms with van der Waals surface area (Å²) < 4.78 is 11.9. The molecule has 0 atom stereocenters. The van der Waals surface area contributed by atoms with Crippen LogP contribution in [0.1, 0.15) is 12.0 Å². The van der Waals surface area contributed by atoms with Crippen LogP contribution in [0.4, 0.5) is 0 Å². The first-order valence-electron chi connectivity index (χ1n) is 8.36. The van der Waals surface area contributed by atoms with Crippen LogP contribution < -0.4 is 9.47 Å². The number of para-hydroxylation sites is 1. The molecule has 1 heterocycles. The predicted octanol–water partition coefficient (Wildman–Crippen LogP) is 5.02. The molecule has 0 radical (unpaired) electrons. The van der Waals surface area contributed by atoms with Gasteiger partial charge in [0.2, 0.25) is 0 Å². The minimum absolute atomic E-state index is 0.0659. The Hall–Kier alpha value is -2.02. The number of carbonyl (C=O) groups excluding carboxylic acids is 1. The van der Waals surface area contributed by atoms with Crippen molar-refractivity contribution in [3.05, 3.63) is 64.0 Å². The number of amides is 1. The predicted molar refractivity (Wildman–Crippen MR) is 114 cm³/mol. The van der Waals surface area contributed by atoms with Crippen LogP contribution in [0, 0.1) is 0 Å². The van der Waals surface area contributed by atoms with Crippen molar-refractivity contribution in [3.63, 3.8) is 0 Å². The summed E-state index contributed by atoms with van der Waals surface area (Å²) >= 11 is 12.5. The molecule has 0 bridgehead atoms. The van der Waals surface area contributed by atoms with Gasteiger partial charge in [-0.1, -0.05) is 59.8 Å². The second-order valence-electron chi connectivity index (χ2n) is 5.79. The van der Waals surface area contributed by atoms with Crippen LogP contribution >= 0.6 is 35.6 Å². The average Bonchev–Trinajstić information content (AvgIpc) is 2.91. The third-order valence-electron chi connectivity index (χ3n) is 3.82. The molecule has 1 saturated heterocycles. The molecule has 140 valence electrons. The Labute approximate surface area is 173 Å². The number of hydrogen-bond acceptors (Lipinski definition) is 5. The van der Waals surface area contributed by atoms with E-state index < -0.39 is 0 Å². The summed E-state index contributed by atoms with van der Waals surface area (Å²) in [6.07, 6.45) is 2.58. The fourth-order valence-corrected chi connectivity index (χ4v) is 3.72. The molecule has 1 aliphatic rings. The van der Waals surface area contributed by atoms with Gasteiger partial charge in [-0.15, -0.1) is 0 Å². The van der Waals surface area contributed by atoms with E-state index in [-0.39, 0.29) is 5.91 Å². The van der Waals surface area contributed by atoms with Crippen LogP contribution in [0.5, 0.6) is 11.5 Å². The molecular formula is C20H18ClNO3S2. The number of carbonyl (C=O) groups is 1. The zero-order valence-corrected chi connectivity index (χ0v) is 17.1. The molecular weight excluding hydrogens is 402 g/mol. The summed E-state index contributed by atoms with van der Waals surface area (Å²) in [6, 6.07) is 15.0. The van der Waals surface area contributed by atoms with Crippen LogP contribution in [0.25, 0.3) is 6.08 Å². The Morgan fingerprint density at radius 2 is 1.81 bits per heavy atom. The molecule has 0 aromatic heterocycles. The van der Waals surface area contributed by atoms with Gasteiger partial charge in [0.15, 0.2) is 0 Å². The zero-order chi connectivity index (χ0) is 19.2. The summed E-state index contributed by atoms with van der Waals surface area (Å²) in [7, 11) is 1.69. The van der Waals surface area contributed by atoms with E-state index in [0.717, 1.165) is 17.7 Å². The molecule has 0 spiro atoms. The monoisotopic (exact) mass is 419 g/mol. The molecule has 2 aromatic rings. The van der Waals surface area contributed by atoms with E-state index in [0.29, 0.717) is 33.2 Å². The standard InChI is InChI=1S/C20H18ClNO3S2/c1-22-19(23)18(27-20(22)26)13-14-7-9-15(10-8-14)24-11-4-12-25-17-6-3-2-5-16(17)21/h2-3,5-10,13H,4,11-12H2,1H3/b18-13-. The van der Waals surface area contributed by atoms with Crippen molar-refractivity contribution in [3.8, 4) is 11.5 Å². The molecule has 0 unspecified atom stereocenters. The molecule has 1 amide bonds. The van der Waals surface area contributed by atoms with Crippen LogP contribution in [0.2, 0.25) is 5.02 Å². The highest BCUT2D eigenvalue weighted by Crippen LogP contribution is 2.31. The lowest BCUT2D eigenvalue weighted by molar-refractivity contribution is -0.121. The van der Waals surface area contributed by atoms with E-state index in [2.05, 4.69) is 0 Å². The second-order valence-corrected chi connectivity index (χ2v) is 7.87. The van der Waals surface area contributed by atoms with E-state index in [1.54, 1.807) is 13.1 Å². The molecule has 0 saturated carbocycles. The molecule has 27 heavy (non-hydrogen) atoms. The van der Waals surface area contributed by atoms with Gasteiger partial charge < -0.3 is 9.47 Å². The van der Waals surface area contributed by atoms with Gasteiger partial charge in [-0.05, 0) is 35.9 Å². The highest BCUT2D eigenvalue weighted by Gasteiger charge is 2.28. The number of nitrogens with zero attached hydrogens (tertiary/aromatic N) is 1. The van der Waals surface area contributed by atoms with Gasteiger partial charge in [0.25, 0.3) is 5.91 Å². The number of halogens is 1. The molecule has 0 aliphatic carbocycles. The van der Waals surface area contributed by atoms with Crippen molar-refractivity contribution in [1.82, 2.24) is 4.90 Å². The topological polar surface area (TPSA) is 38.8 Å². The molecule has 1 fully saturated rings. The maximum atomic E-state index is 12.0. The number of thiocarbonyl (C=S) groups is 1. The molecule has 0 N–H and O–H groups in total. The van der Waals surface area contributed by atoms with Crippen LogP contribution in [-0.2, 0) is 4.79 Å². The maximum absolute atomic E-state index is 12.0. The first-order chi connectivity index (χ1) is 13.0. The summed E-state index contributed by atoms with van der Waals surface area (Å²) in [4.78, 5) is 14.1. The van der Waals surface area contributed by atoms with Gasteiger partial charge in [-0.2, -0.15) is 0 Å². The number of likely N-dealkylation sites (N-methyl/N-ethyl adjacent to an activating group) is 1. The fraction of sp³-hybridized carbons (Fsp3) is 0.200. The number of ether oxygens (including phenoxy) is 2. The number of thioether (sulfide) groups is 1. The van der Waals surface area contributed by atoms with Gasteiger partial charge in [0, 0.05) is 13.5 Å². The first kappa shape index (κ1) is 19.7. The molecule has 4 nitrogen and oxygen atoms in total. The summed E-state index contributed by atoms with van der Waals surface area (Å²) in [5.41, 5.74) is 0.929. The largest absolute Gasteiger partial charge is 0.493 e. The number of benzene rings is 2. The van der Waals surface area contributed by atoms with Gasteiger partial charge in [0.1, 0.15) is 15.8 Å². The highest BCUT2D eigenvalue weighted by molar-refractivity contribution is 8.26. The van der Waals surface area contributed by atoms with Crippen molar-refractivity contribution in [2.75, 3.05) is 20.3 Å². The SMILES string of the molecule is CN1C(=O)/C(=C/c2ccc(OCCCOc3ccccc3Cl)cc2)SC1=S. The third-order valence-corrected chi connectivity index (χ3v) is 5.61. The Morgan fingerprint density at radius 3 is 2.48 bits per heavy atom. The van der Waals surface area contributed by atoms with Gasteiger partial charge >= 0.3 is 0 Å². The lowest BCUT2D eigenvalue weighted by Crippen LogP contribution is -2.22. The third kappa shape index (κ3) is 5.25. The lowest BCUT2D eigenvalue weighted by atomic mass is 10.2. The quantitative estimate of drug-likeness (QED) is 0.358. The van der Waals surface area contributed by atoms with E-state index in [9.17, 15) is 4.79 Å². The second kappa shape index (κ2) is 9.26. The Balaban J connectivity index is 1.45. The first-order valence-corrected chi connectivity index (χ1v) is 9.96. The van der Waals surface area contributed by atoms with Gasteiger partial charge in [0.05, 0.1) is 23.1 Å². The minimum atomic E-state index is -0.0659. The van der Waals surface area contributed by atoms with Crippen molar-refractivity contribution in [1.29, 1.82) is 0 Å². The maximum Gasteiger partial charge on any atom is 0.265 e. The van der Waals surface area contributed by atoms with E-state index in [4.69, 9.17) is 33.3 Å². The fourth-order valence-electron chi connectivity index (χ4n) is 2.35. The molecule has 1 aliphatic heterocycles. The van der Waals surface area contributed by atoms with Crippen LogP contribution in [0.3, 0.4) is 0 Å². The van der Waals surface area contributed by atoms with E-state index in [1.165, 1.54) is 16.7 Å². The van der Waals surface area contributed by atoms with Gasteiger partial charge in [-0.3, -0.25) is 9.69 Å². The molecule has 2 aromatic carbocycles. The number of hydrogen-bond donors (Lipinski definition) is 0. The van der Waals surface area contributed by atoms with E-state index in [1.807, 2.05) is 48.5 Å². The van der Waals surface area contributed by atoms with Crippen molar-refractivity contribution in [2.24, 2.45) is 0 Å². The smallest absolute Gasteiger partial charge is 0.265 e. The van der Waals surface area contributed by atoms with E-state index >= 15 is 0 Å².